The average molecular weight is 301 g/mol. The largest absolute Gasteiger partial charge is 0.478 e. The zero-order chi connectivity index (χ0) is 15.4. The van der Waals surface area contributed by atoms with Crippen LogP contribution in [0.1, 0.15) is 31.1 Å². The van der Waals surface area contributed by atoms with E-state index < -0.39 is 21.6 Å². The van der Waals surface area contributed by atoms with Crippen LogP contribution in [0.4, 0.5) is 0 Å². The molecule has 0 amide bonds. The predicted molar refractivity (Wildman–Crippen MR) is 74.3 cm³/mol. The van der Waals surface area contributed by atoms with Crippen LogP contribution < -0.4 is 4.72 Å². The third-order valence-corrected chi connectivity index (χ3v) is 4.05. The van der Waals surface area contributed by atoms with Crippen LogP contribution in [0.5, 0.6) is 0 Å². The van der Waals surface area contributed by atoms with Gasteiger partial charge in [0.05, 0.1) is 16.1 Å². The molecular weight excluding hydrogens is 282 g/mol. The molecule has 0 aliphatic carbocycles. The lowest BCUT2D eigenvalue weighted by Gasteiger charge is -2.24. The zero-order valence-electron chi connectivity index (χ0n) is 11.7. The molecule has 20 heavy (non-hydrogen) atoms. The van der Waals surface area contributed by atoms with Crippen LogP contribution in [0.2, 0.25) is 0 Å². The number of hydrogen-bond donors (Lipinski definition) is 2. The maximum atomic E-state index is 12.1. The molecule has 0 heterocycles. The van der Waals surface area contributed by atoms with Crippen molar-refractivity contribution in [3.05, 3.63) is 29.8 Å². The number of carboxylic acids is 1. The Balaban J connectivity index is 2.81. The number of aromatic carboxylic acids is 1. The molecular formula is C13H19NO5S. The van der Waals surface area contributed by atoms with Gasteiger partial charge in [0.25, 0.3) is 0 Å². The van der Waals surface area contributed by atoms with Crippen molar-refractivity contribution < 1.29 is 23.1 Å². The van der Waals surface area contributed by atoms with Gasteiger partial charge < -0.3 is 9.84 Å². The molecule has 0 aromatic heterocycles. The molecule has 0 radical (unpaired) electrons. The van der Waals surface area contributed by atoms with Crippen molar-refractivity contribution >= 4 is 16.0 Å². The zero-order valence-corrected chi connectivity index (χ0v) is 12.5. The summed E-state index contributed by atoms with van der Waals surface area (Å²) < 4.78 is 32.0. The van der Waals surface area contributed by atoms with Gasteiger partial charge in [0.15, 0.2) is 0 Å². The van der Waals surface area contributed by atoms with E-state index in [0.29, 0.717) is 6.61 Å². The Morgan fingerprint density at radius 2 is 1.85 bits per heavy atom. The number of nitrogens with one attached hydrogen (secondary N) is 1. The third kappa shape index (κ3) is 4.59. The minimum atomic E-state index is -3.68. The Morgan fingerprint density at radius 1 is 1.30 bits per heavy atom. The molecule has 0 saturated heterocycles. The lowest BCUT2D eigenvalue weighted by molar-refractivity contribution is -0.00515. The van der Waals surface area contributed by atoms with Crippen LogP contribution in [0.25, 0.3) is 0 Å². The van der Waals surface area contributed by atoms with E-state index in [1.54, 1.807) is 13.8 Å². The molecule has 0 aliphatic heterocycles. The molecule has 2 N–H and O–H groups in total. The maximum absolute atomic E-state index is 12.1. The van der Waals surface area contributed by atoms with E-state index in [1.807, 2.05) is 6.92 Å². The fourth-order valence-electron chi connectivity index (χ4n) is 1.57. The molecule has 0 saturated carbocycles. The Hall–Kier alpha value is -1.44. The van der Waals surface area contributed by atoms with E-state index in [9.17, 15) is 13.2 Å². The number of carboxylic acid groups (broad SMARTS) is 1. The first-order valence-corrected chi connectivity index (χ1v) is 7.63. The topological polar surface area (TPSA) is 92.7 Å². The van der Waals surface area contributed by atoms with Gasteiger partial charge in [-0.3, -0.25) is 0 Å². The van der Waals surface area contributed by atoms with Gasteiger partial charge in [-0.25, -0.2) is 17.9 Å². The highest BCUT2D eigenvalue weighted by Crippen LogP contribution is 2.13. The van der Waals surface area contributed by atoms with Crippen LogP contribution >= 0.6 is 0 Å². The molecule has 112 valence electrons. The van der Waals surface area contributed by atoms with Crippen molar-refractivity contribution in [2.24, 2.45) is 0 Å². The average Bonchev–Trinajstić information content (AvgIpc) is 2.37. The van der Waals surface area contributed by atoms with E-state index in [-0.39, 0.29) is 17.0 Å². The summed E-state index contributed by atoms with van der Waals surface area (Å²) in [5, 5.41) is 8.77. The van der Waals surface area contributed by atoms with Crippen LogP contribution in [0.3, 0.4) is 0 Å². The van der Waals surface area contributed by atoms with E-state index in [1.165, 1.54) is 24.3 Å². The molecule has 0 spiro atoms. The first-order chi connectivity index (χ1) is 9.18. The van der Waals surface area contributed by atoms with E-state index >= 15 is 0 Å². The Kier molecular flexibility index (Phi) is 5.27. The summed E-state index contributed by atoms with van der Waals surface area (Å²) in [7, 11) is -3.68. The monoisotopic (exact) mass is 301 g/mol. The number of sulfonamides is 1. The maximum Gasteiger partial charge on any atom is 0.335 e. The van der Waals surface area contributed by atoms with E-state index in [2.05, 4.69) is 4.72 Å². The summed E-state index contributed by atoms with van der Waals surface area (Å²) in [5.74, 6) is -1.10. The second kappa shape index (κ2) is 6.34. The smallest absolute Gasteiger partial charge is 0.335 e. The molecule has 1 rings (SSSR count). The van der Waals surface area contributed by atoms with Crippen LogP contribution in [0.15, 0.2) is 29.2 Å². The molecule has 7 heteroatoms. The van der Waals surface area contributed by atoms with Crippen LogP contribution in [0, 0.1) is 0 Å². The first kappa shape index (κ1) is 16.6. The summed E-state index contributed by atoms with van der Waals surface area (Å²) in [5.41, 5.74) is -0.568. The first-order valence-electron chi connectivity index (χ1n) is 6.15. The number of rotatable bonds is 7. The van der Waals surface area contributed by atoms with Crippen molar-refractivity contribution in [3.8, 4) is 0 Å². The van der Waals surface area contributed by atoms with Gasteiger partial charge in [-0.05, 0) is 45.0 Å². The lowest BCUT2D eigenvalue weighted by atomic mass is 10.1. The van der Waals surface area contributed by atoms with Crippen LogP contribution in [-0.4, -0.2) is 38.2 Å². The van der Waals surface area contributed by atoms with E-state index in [0.717, 1.165) is 0 Å². The highest BCUT2D eigenvalue weighted by atomic mass is 32.2. The Labute approximate surface area is 118 Å². The lowest BCUT2D eigenvalue weighted by Crippen LogP contribution is -2.40. The normalized spacial score (nSPS) is 12.3. The summed E-state index contributed by atoms with van der Waals surface area (Å²) in [6.45, 7) is 6.02. The fourth-order valence-corrected chi connectivity index (χ4v) is 2.77. The van der Waals surface area contributed by atoms with Gasteiger partial charge in [-0.15, -0.1) is 0 Å². The van der Waals surface area contributed by atoms with Gasteiger partial charge in [-0.1, -0.05) is 0 Å². The third-order valence-electron chi connectivity index (χ3n) is 2.63. The van der Waals surface area contributed by atoms with Gasteiger partial charge in [0, 0.05) is 13.2 Å². The molecule has 0 aliphatic rings. The number of carbonyl (C=O) groups is 1. The second-order valence-corrected chi connectivity index (χ2v) is 6.61. The number of hydrogen-bond acceptors (Lipinski definition) is 4. The molecule has 1 aromatic carbocycles. The molecule has 6 nitrogen and oxygen atoms in total. The fraction of sp³-hybridized carbons (Fsp3) is 0.462. The summed E-state index contributed by atoms with van der Waals surface area (Å²) in [4.78, 5) is 10.7. The molecule has 0 atom stereocenters. The minimum Gasteiger partial charge on any atom is -0.478 e. The van der Waals surface area contributed by atoms with Crippen molar-refractivity contribution in [2.45, 2.75) is 31.3 Å². The Morgan fingerprint density at radius 3 is 2.30 bits per heavy atom. The highest BCUT2D eigenvalue weighted by molar-refractivity contribution is 7.89. The predicted octanol–water partition coefficient (Wildman–Crippen LogP) is 1.48. The van der Waals surface area contributed by atoms with Gasteiger partial charge >= 0.3 is 5.97 Å². The van der Waals surface area contributed by atoms with Crippen LogP contribution in [-0.2, 0) is 14.8 Å². The van der Waals surface area contributed by atoms with Crippen molar-refractivity contribution in [2.75, 3.05) is 13.2 Å². The number of benzene rings is 1. The summed E-state index contributed by atoms with van der Waals surface area (Å²) in [6, 6.07) is 5.04. The SMILES string of the molecule is CCOC(C)(C)CNS(=O)(=O)c1ccc(C(=O)O)cc1. The standard InChI is InChI=1S/C13H19NO5S/c1-4-19-13(2,3)9-14-20(17,18)11-7-5-10(6-8-11)12(15)16/h5-8,14H,4,9H2,1-3H3,(H,15,16). The number of ether oxygens (including phenoxy) is 1. The highest BCUT2D eigenvalue weighted by Gasteiger charge is 2.22. The quantitative estimate of drug-likeness (QED) is 0.795. The molecule has 1 aromatic rings. The van der Waals surface area contributed by atoms with E-state index in [4.69, 9.17) is 9.84 Å². The van der Waals surface area contributed by atoms with Gasteiger partial charge in [0.1, 0.15) is 0 Å². The second-order valence-electron chi connectivity index (χ2n) is 4.85. The summed E-state index contributed by atoms with van der Waals surface area (Å²) in [6.07, 6.45) is 0. The molecule has 0 bridgehead atoms. The van der Waals surface area contributed by atoms with Crippen molar-refractivity contribution in [1.29, 1.82) is 0 Å². The van der Waals surface area contributed by atoms with Gasteiger partial charge in [-0.2, -0.15) is 0 Å². The van der Waals surface area contributed by atoms with Crippen molar-refractivity contribution in [3.63, 3.8) is 0 Å². The molecule has 0 fully saturated rings. The van der Waals surface area contributed by atoms with Gasteiger partial charge in [0.2, 0.25) is 10.0 Å². The van der Waals surface area contributed by atoms with Crippen molar-refractivity contribution in [1.82, 2.24) is 4.72 Å². The minimum absolute atomic E-state index is 0.0230. The summed E-state index contributed by atoms with van der Waals surface area (Å²) >= 11 is 0. The molecule has 0 unspecified atom stereocenters. The Bertz CT molecular complexity index is 563.